The van der Waals surface area contributed by atoms with E-state index in [1.54, 1.807) is 18.2 Å². The summed E-state index contributed by atoms with van der Waals surface area (Å²) in [6, 6.07) is 12.8. The van der Waals surface area contributed by atoms with Crippen molar-refractivity contribution >= 4 is 44.6 Å². The molecule has 0 unspecified atom stereocenters. The number of aromatic nitrogens is 1. The van der Waals surface area contributed by atoms with Gasteiger partial charge in [-0.2, -0.15) is 0 Å². The molecule has 8 nitrogen and oxygen atoms in total. The molecule has 0 bridgehead atoms. The summed E-state index contributed by atoms with van der Waals surface area (Å²) in [6.45, 7) is 0.00715. The number of halogens is 1. The first-order valence-electron chi connectivity index (χ1n) is 9.15. The van der Waals surface area contributed by atoms with Crippen LogP contribution in [0, 0.1) is 0 Å². The van der Waals surface area contributed by atoms with Crippen LogP contribution in [-0.4, -0.2) is 53.7 Å². The van der Waals surface area contributed by atoms with Crippen LogP contribution in [-0.2, 0) is 14.3 Å². The Morgan fingerprint density at radius 3 is 2.90 bits per heavy atom. The number of hydrogen-bond donors (Lipinski definition) is 2. The minimum absolute atomic E-state index is 0.0770. The number of benzene rings is 2. The summed E-state index contributed by atoms with van der Waals surface area (Å²) in [4.78, 5) is 30.7. The van der Waals surface area contributed by atoms with Crippen LogP contribution >= 0.6 is 15.9 Å². The highest BCUT2D eigenvalue weighted by Gasteiger charge is 2.34. The third kappa shape index (κ3) is 3.81. The van der Waals surface area contributed by atoms with Gasteiger partial charge in [0.15, 0.2) is 5.58 Å². The number of methoxy groups -OCH3 is 1. The number of anilines is 1. The Hall–Kier alpha value is -3.17. The predicted molar refractivity (Wildman–Crippen MR) is 113 cm³/mol. The Labute approximate surface area is 180 Å². The number of aliphatic hydroxyl groups excluding tert-OH is 1. The van der Waals surface area contributed by atoms with E-state index in [0.717, 1.165) is 10.0 Å². The molecule has 4 rings (SSSR count). The van der Waals surface area contributed by atoms with Crippen molar-refractivity contribution < 1.29 is 23.8 Å². The first-order valence-corrected chi connectivity index (χ1v) is 9.94. The Morgan fingerprint density at radius 2 is 2.17 bits per heavy atom. The van der Waals surface area contributed by atoms with Gasteiger partial charge in [0.1, 0.15) is 11.2 Å². The topological polar surface area (TPSA) is 105 Å². The molecule has 1 aliphatic rings. The number of carbonyl (C=O) groups excluding carboxylic acids is 2. The van der Waals surface area contributed by atoms with Gasteiger partial charge in [0, 0.05) is 22.3 Å². The fourth-order valence-corrected chi connectivity index (χ4v) is 3.64. The number of ether oxygens (including phenoxy) is 1. The third-order valence-corrected chi connectivity index (χ3v) is 5.18. The fraction of sp³-hybridized carbons (Fsp3) is 0.190. The van der Waals surface area contributed by atoms with Crippen LogP contribution in [0.3, 0.4) is 0 Å². The van der Waals surface area contributed by atoms with Crippen LogP contribution in [0.2, 0.25) is 0 Å². The number of nitrogens with one attached hydrogen (secondary N) is 1. The van der Waals surface area contributed by atoms with Gasteiger partial charge in [-0.1, -0.05) is 22.0 Å². The van der Waals surface area contributed by atoms with Crippen molar-refractivity contribution in [3.05, 3.63) is 58.2 Å². The molecule has 2 heterocycles. The summed E-state index contributed by atoms with van der Waals surface area (Å²) < 4.78 is 11.5. The average Bonchev–Trinajstić information content (AvgIpc) is 3.30. The molecule has 2 aromatic carbocycles. The summed E-state index contributed by atoms with van der Waals surface area (Å²) >= 11 is 3.43. The van der Waals surface area contributed by atoms with Gasteiger partial charge in [0.2, 0.25) is 5.89 Å². The summed E-state index contributed by atoms with van der Waals surface area (Å²) in [5.74, 6) is -0.491. The van der Waals surface area contributed by atoms with Crippen LogP contribution in [0.5, 0.6) is 0 Å². The minimum Gasteiger partial charge on any atom is -0.466 e. The normalized spacial score (nSPS) is 14.0. The number of rotatable bonds is 6. The number of hydrogen-bond acceptors (Lipinski definition) is 7. The number of fused-ring (bicyclic) bond motifs is 1. The quantitative estimate of drug-likeness (QED) is 0.532. The van der Waals surface area contributed by atoms with Crippen molar-refractivity contribution in [3.63, 3.8) is 0 Å². The van der Waals surface area contributed by atoms with E-state index in [-0.39, 0.29) is 36.9 Å². The number of carbonyl (C=O) groups is 2. The molecule has 0 fully saturated rings. The van der Waals surface area contributed by atoms with E-state index in [0.29, 0.717) is 22.7 Å². The maximum atomic E-state index is 12.7. The lowest BCUT2D eigenvalue weighted by atomic mass is 10.2. The lowest BCUT2D eigenvalue weighted by Crippen LogP contribution is -2.31. The van der Waals surface area contributed by atoms with Crippen LogP contribution in [0.15, 0.2) is 62.6 Å². The molecule has 0 saturated carbocycles. The van der Waals surface area contributed by atoms with Gasteiger partial charge in [0.05, 0.1) is 25.8 Å². The summed E-state index contributed by atoms with van der Waals surface area (Å²) in [5, 5.41) is 12.2. The zero-order valence-corrected chi connectivity index (χ0v) is 17.6. The number of amides is 1. The molecule has 0 atom stereocenters. The molecule has 30 heavy (non-hydrogen) atoms. The monoisotopic (exact) mass is 471 g/mol. The maximum Gasteiger partial charge on any atom is 0.337 e. The highest BCUT2D eigenvalue weighted by Crippen LogP contribution is 2.29. The van der Waals surface area contributed by atoms with E-state index in [1.165, 1.54) is 12.0 Å². The van der Waals surface area contributed by atoms with E-state index in [1.807, 2.05) is 24.3 Å². The molecule has 0 saturated heterocycles. The largest absolute Gasteiger partial charge is 0.466 e. The smallest absolute Gasteiger partial charge is 0.337 e. The van der Waals surface area contributed by atoms with Crippen LogP contribution in [0.1, 0.15) is 0 Å². The second-order valence-electron chi connectivity index (χ2n) is 6.63. The van der Waals surface area contributed by atoms with Gasteiger partial charge in [-0.25, -0.2) is 9.78 Å². The minimum atomic E-state index is -0.592. The highest BCUT2D eigenvalue weighted by molar-refractivity contribution is 9.10. The molecule has 2 N–H and O–H groups in total. The first kappa shape index (κ1) is 20.1. The SMILES string of the molecule is COC(=O)C1=C(Nc2ccc3oc(-c4cccc(Br)c4)nc3c2)C(=O)N(CCO)C1. The molecule has 3 aromatic rings. The number of nitrogens with zero attached hydrogens (tertiary/aromatic N) is 2. The van der Waals surface area contributed by atoms with E-state index < -0.39 is 5.97 Å². The fourth-order valence-electron chi connectivity index (χ4n) is 3.24. The van der Waals surface area contributed by atoms with Crippen molar-refractivity contribution in [1.29, 1.82) is 0 Å². The van der Waals surface area contributed by atoms with Crippen LogP contribution < -0.4 is 5.32 Å². The predicted octanol–water partition coefficient (Wildman–Crippen LogP) is 2.93. The number of aliphatic hydroxyl groups is 1. The molecule has 154 valence electrons. The zero-order valence-electron chi connectivity index (χ0n) is 16.0. The van der Waals surface area contributed by atoms with E-state index in [9.17, 15) is 9.59 Å². The van der Waals surface area contributed by atoms with Gasteiger partial charge in [-0.05, 0) is 36.4 Å². The molecule has 1 aliphatic heterocycles. The summed E-state index contributed by atoms with van der Waals surface area (Å²) in [7, 11) is 1.26. The van der Waals surface area contributed by atoms with Crippen molar-refractivity contribution in [2.24, 2.45) is 0 Å². The summed E-state index contributed by atoms with van der Waals surface area (Å²) in [6.07, 6.45) is 0. The third-order valence-electron chi connectivity index (χ3n) is 4.68. The Balaban J connectivity index is 1.66. The van der Waals surface area contributed by atoms with Crippen LogP contribution in [0.25, 0.3) is 22.6 Å². The van der Waals surface area contributed by atoms with E-state index in [2.05, 4.69) is 26.2 Å². The van der Waals surface area contributed by atoms with Crippen molar-refractivity contribution in [1.82, 2.24) is 9.88 Å². The molecule has 0 aliphatic carbocycles. The van der Waals surface area contributed by atoms with E-state index >= 15 is 0 Å². The maximum absolute atomic E-state index is 12.7. The second-order valence-corrected chi connectivity index (χ2v) is 7.55. The van der Waals surface area contributed by atoms with Gasteiger partial charge in [-0.15, -0.1) is 0 Å². The lowest BCUT2D eigenvalue weighted by Gasteiger charge is -2.14. The molecular formula is C21H18BrN3O5. The zero-order chi connectivity index (χ0) is 21.3. The van der Waals surface area contributed by atoms with Crippen molar-refractivity contribution in [2.45, 2.75) is 0 Å². The molecule has 0 spiro atoms. The van der Waals surface area contributed by atoms with Crippen molar-refractivity contribution in [3.8, 4) is 11.5 Å². The molecule has 0 radical (unpaired) electrons. The highest BCUT2D eigenvalue weighted by atomic mass is 79.9. The van der Waals surface area contributed by atoms with Gasteiger partial charge >= 0.3 is 5.97 Å². The van der Waals surface area contributed by atoms with Gasteiger partial charge in [-0.3, -0.25) is 4.79 Å². The van der Waals surface area contributed by atoms with Crippen molar-refractivity contribution in [2.75, 3.05) is 32.1 Å². The van der Waals surface area contributed by atoms with Crippen LogP contribution in [0.4, 0.5) is 5.69 Å². The molecule has 1 aromatic heterocycles. The second kappa shape index (κ2) is 8.29. The summed E-state index contributed by atoms with van der Waals surface area (Å²) in [5.41, 5.74) is 2.95. The first-order chi connectivity index (χ1) is 14.5. The van der Waals surface area contributed by atoms with Gasteiger partial charge < -0.3 is 24.5 Å². The molecule has 9 heteroatoms. The Bertz CT molecular complexity index is 1170. The number of β-amino-alcohol motifs (C(OH)–C–C–N with tert-alkyl or cyclic N) is 1. The van der Waals surface area contributed by atoms with Gasteiger partial charge in [0.25, 0.3) is 5.91 Å². The molecular weight excluding hydrogens is 454 g/mol. The number of esters is 1. The number of oxazole rings is 1. The van der Waals surface area contributed by atoms with E-state index in [4.69, 9.17) is 14.3 Å². The lowest BCUT2D eigenvalue weighted by molar-refractivity contribution is -0.136. The molecule has 1 amide bonds. The Morgan fingerprint density at radius 1 is 1.33 bits per heavy atom. The average molecular weight is 472 g/mol. The Kier molecular flexibility index (Phi) is 5.56. The standard InChI is InChI=1S/C21H18BrN3O5/c1-29-21(28)15-11-25(7-8-26)20(27)18(15)23-14-5-6-17-16(10-14)24-19(30-17)12-3-2-4-13(22)9-12/h2-6,9-10,23,26H,7-8,11H2,1H3.